The molecule has 1 aromatic carbocycles. The number of halogens is 1. The van der Waals surface area contributed by atoms with Crippen LogP contribution in [0.4, 0.5) is 19.7 Å². The van der Waals surface area contributed by atoms with Crippen LogP contribution in [-0.2, 0) is 14.3 Å². The third kappa shape index (κ3) is 3.70. The van der Waals surface area contributed by atoms with Gasteiger partial charge in [-0.25, -0.2) is 14.0 Å². The molecule has 2 unspecified atom stereocenters. The Morgan fingerprint density at radius 2 is 2.10 bits per heavy atom. The number of ether oxygens (including phenoxy) is 2. The fraction of sp³-hybridized carbons (Fsp3) is 0.450. The molecule has 0 aromatic heterocycles. The second kappa shape index (κ2) is 7.94. The number of aliphatic hydroxyl groups is 1. The van der Waals surface area contributed by atoms with Gasteiger partial charge < -0.3 is 19.9 Å². The number of carbonyl (C=O) groups is 3. The lowest BCUT2D eigenvalue weighted by Crippen LogP contribution is -2.40. The summed E-state index contributed by atoms with van der Waals surface area (Å²) in [6.45, 7) is 1.75. The first-order chi connectivity index (χ1) is 14.4. The first kappa shape index (κ1) is 20.1. The molecule has 0 saturated carbocycles. The zero-order valence-corrected chi connectivity index (χ0v) is 16.3. The summed E-state index contributed by atoms with van der Waals surface area (Å²) in [5.41, 5.74) is 1.44. The van der Waals surface area contributed by atoms with Gasteiger partial charge in [0.15, 0.2) is 0 Å². The molecule has 9 nitrogen and oxygen atoms in total. The molecule has 3 aliphatic rings. The second-order valence-electron chi connectivity index (χ2n) is 7.48. The van der Waals surface area contributed by atoms with Crippen molar-refractivity contribution in [3.63, 3.8) is 0 Å². The molecule has 0 radical (unpaired) electrons. The normalized spacial score (nSPS) is 25.6. The van der Waals surface area contributed by atoms with Crippen LogP contribution in [0.25, 0.3) is 5.57 Å². The summed E-state index contributed by atoms with van der Waals surface area (Å²) in [6, 6.07) is 4.15. The fourth-order valence-electron chi connectivity index (χ4n) is 3.99. The molecule has 3 aliphatic heterocycles. The molecular weight excluding hydrogens is 397 g/mol. The average molecular weight is 419 g/mol. The predicted octanol–water partition coefficient (Wildman–Crippen LogP) is 1.26. The van der Waals surface area contributed by atoms with Crippen LogP contribution in [0.5, 0.6) is 0 Å². The van der Waals surface area contributed by atoms with Gasteiger partial charge in [-0.05, 0) is 30.2 Å². The molecule has 2 fully saturated rings. The Morgan fingerprint density at radius 3 is 2.80 bits per heavy atom. The highest BCUT2D eigenvalue weighted by Crippen LogP contribution is 2.35. The Hall–Kier alpha value is -3.14. The Labute approximate surface area is 172 Å². The highest BCUT2D eigenvalue weighted by atomic mass is 19.1. The summed E-state index contributed by atoms with van der Waals surface area (Å²) in [5.74, 6) is -0.729. The van der Waals surface area contributed by atoms with Gasteiger partial charge in [-0.1, -0.05) is 6.08 Å². The van der Waals surface area contributed by atoms with Crippen LogP contribution in [-0.4, -0.2) is 72.6 Å². The van der Waals surface area contributed by atoms with E-state index < -0.39 is 30.2 Å². The third-order valence-electron chi connectivity index (χ3n) is 5.52. The van der Waals surface area contributed by atoms with Gasteiger partial charge in [0.25, 0.3) is 0 Å². The zero-order chi connectivity index (χ0) is 21.4. The quantitative estimate of drug-likeness (QED) is 0.744. The van der Waals surface area contributed by atoms with Crippen molar-refractivity contribution < 1.29 is 33.4 Å². The Balaban J connectivity index is 1.49. The van der Waals surface area contributed by atoms with E-state index in [2.05, 4.69) is 5.32 Å². The standard InChI is InChI=1S/C20H22FN3O6/c1-11(26)22-8-14-9-24(20(28)29-14)13-2-3-15(16(21)7-13)12-4-5-23-17(6-12)18(10-25)30-19(23)27/h2-4,7,14,17-18,25H,5-6,8-10H2,1H3,(H,22,26)/t14-,17?,18?/m0/s1. The molecule has 3 amide bonds. The van der Waals surface area contributed by atoms with Crippen LogP contribution >= 0.6 is 0 Å². The summed E-state index contributed by atoms with van der Waals surface area (Å²) >= 11 is 0. The zero-order valence-electron chi connectivity index (χ0n) is 16.3. The van der Waals surface area contributed by atoms with Crippen molar-refractivity contribution in [2.75, 3.05) is 31.1 Å². The summed E-state index contributed by atoms with van der Waals surface area (Å²) in [4.78, 5) is 37.8. The number of fused-ring (bicyclic) bond motifs is 1. The first-order valence-corrected chi connectivity index (χ1v) is 9.67. The lowest BCUT2D eigenvalue weighted by molar-refractivity contribution is -0.119. The number of rotatable bonds is 5. The Kier molecular flexibility index (Phi) is 5.33. The maximum absolute atomic E-state index is 14.9. The minimum atomic E-state index is -0.636. The smallest absolute Gasteiger partial charge is 0.414 e. The maximum atomic E-state index is 14.9. The van der Waals surface area contributed by atoms with Gasteiger partial charge in [-0.2, -0.15) is 0 Å². The molecule has 2 N–H and O–H groups in total. The van der Waals surface area contributed by atoms with Crippen LogP contribution in [0.3, 0.4) is 0 Å². The van der Waals surface area contributed by atoms with E-state index in [0.717, 1.165) is 0 Å². The number of anilines is 1. The summed E-state index contributed by atoms with van der Waals surface area (Å²) in [7, 11) is 0. The van der Waals surface area contributed by atoms with Crippen molar-refractivity contribution in [1.82, 2.24) is 10.2 Å². The van der Waals surface area contributed by atoms with Crippen LogP contribution < -0.4 is 10.2 Å². The van der Waals surface area contributed by atoms with Crippen LogP contribution in [0.2, 0.25) is 0 Å². The van der Waals surface area contributed by atoms with E-state index >= 15 is 0 Å². The van der Waals surface area contributed by atoms with E-state index in [9.17, 15) is 23.9 Å². The van der Waals surface area contributed by atoms with Crippen molar-refractivity contribution >= 4 is 29.4 Å². The highest BCUT2D eigenvalue weighted by Gasteiger charge is 2.43. The van der Waals surface area contributed by atoms with Crippen molar-refractivity contribution in [3.05, 3.63) is 35.7 Å². The van der Waals surface area contributed by atoms with Gasteiger partial charge in [0.05, 0.1) is 31.4 Å². The number of aliphatic hydroxyl groups excluding tert-OH is 1. The molecule has 160 valence electrons. The van der Waals surface area contributed by atoms with Crippen LogP contribution in [0.15, 0.2) is 24.3 Å². The lowest BCUT2D eigenvalue weighted by Gasteiger charge is -2.29. The van der Waals surface area contributed by atoms with Gasteiger partial charge in [-0.3, -0.25) is 14.6 Å². The van der Waals surface area contributed by atoms with E-state index in [-0.39, 0.29) is 38.2 Å². The lowest BCUT2D eigenvalue weighted by atomic mass is 9.91. The van der Waals surface area contributed by atoms with Crippen molar-refractivity contribution in [1.29, 1.82) is 0 Å². The van der Waals surface area contributed by atoms with Crippen LogP contribution in [0, 0.1) is 5.82 Å². The number of hydrogen-bond acceptors (Lipinski definition) is 6. The monoisotopic (exact) mass is 419 g/mol. The molecule has 1 aromatic rings. The molecule has 10 heteroatoms. The van der Waals surface area contributed by atoms with E-state index in [1.54, 1.807) is 18.2 Å². The summed E-state index contributed by atoms with van der Waals surface area (Å²) < 4.78 is 25.3. The number of benzene rings is 1. The summed E-state index contributed by atoms with van der Waals surface area (Å²) in [6.07, 6.45) is -0.0973. The van der Waals surface area contributed by atoms with Gasteiger partial charge in [0.2, 0.25) is 5.91 Å². The minimum absolute atomic E-state index is 0.190. The van der Waals surface area contributed by atoms with Crippen molar-refractivity contribution in [3.8, 4) is 0 Å². The SMILES string of the molecule is CC(=O)NC[C@H]1CN(c2ccc(C3=CCN4C(=O)OC(CO)C4C3)c(F)c2)C(=O)O1. The number of hydrogen-bond donors (Lipinski definition) is 2. The van der Waals surface area contributed by atoms with E-state index in [0.29, 0.717) is 23.2 Å². The number of nitrogens with one attached hydrogen (secondary N) is 1. The molecular formula is C20H22FN3O6. The molecule has 30 heavy (non-hydrogen) atoms. The molecule has 3 atom stereocenters. The first-order valence-electron chi connectivity index (χ1n) is 9.67. The molecule has 4 rings (SSSR count). The van der Waals surface area contributed by atoms with E-state index in [1.165, 1.54) is 22.8 Å². The molecule has 0 aliphatic carbocycles. The van der Waals surface area contributed by atoms with Gasteiger partial charge in [0, 0.05) is 19.0 Å². The number of carbonyl (C=O) groups excluding carboxylic acids is 3. The largest absolute Gasteiger partial charge is 0.442 e. The van der Waals surface area contributed by atoms with Crippen molar-refractivity contribution in [2.24, 2.45) is 0 Å². The molecule has 0 bridgehead atoms. The summed E-state index contributed by atoms with van der Waals surface area (Å²) in [5, 5.41) is 12.0. The third-order valence-corrected chi connectivity index (χ3v) is 5.52. The topological polar surface area (TPSA) is 108 Å². The van der Waals surface area contributed by atoms with E-state index in [4.69, 9.17) is 9.47 Å². The number of nitrogens with zero attached hydrogens (tertiary/aromatic N) is 2. The number of amides is 3. The van der Waals surface area contributed by atoms with Crippen LogP contribution in [0.1, 0.15) is 18.9 Å². The highest BCUT2D eigenvalue weighted by molar-refractivity contribution is 5.90. The predicted molar refractivity (Wildman–Crippen MR) is 103 cm³/mol. The molecule has 3 heterocycles. The fourth-order valence-corrected chi connectivity index (χ4v) is 3.99. The molecule has 2 saturated heterocycles. The second-order valence-corrected chi connectivity index (χ2v) is 7.48. The van der Waals surface area contributed by atoms with Gasteiger partial charge in [0.1, 0.15) is 18.0 Å². The van der Waals surface area contributed by atoms with Crippen molar-refractivity contribution in [2.45, 2.75) is 31.6 Å². The van der Waals surface area contributed by atoms with Gasteiger partial charge in [-0.15, -0.1) is 0 Å². The minimum Gasteiger partial charge on any atom is -0.442 e. The van der Waals surface area contributed by atoms with E-state index in [1.807, 2.05) is 0 Å². The maximum Gasteiger partial charge on any atom is 0.414 e. The molecule has 0 spiro atoms. The average Bonchev–Trinajstić information content (AvgIpc) is 3.25. The number of cyclic esters (lactones) is 2. The Bertz CT molecular complexity index is 920. The Morgan fingerprint density at radius 1 is 1.30 bits per heavy atom. The van der Waals surface area contributed by atoms with Gasteiger partial charge >= 0.3 is 12.2 Å².